The fraction of sp³-hybridized carbons (Fsp3) is 1.00. The molecule has 1 heterocycles. The van der Waals surface area contributed by atoms with E-state index in [0.717, 1.165) is 39.1 Å². The molecule has 1 rings (SSSR count). The molecule has 0 bridgehead atoms. The molecule has 0 aromatic heterocycles. The molecule has 0 atom stereocenters. The molecule has 1 aliphatic heterocycles. The summed E-state index contributed by atoms with van der Waals surface area (Å²) in [6.07, 6.45) is 23.8. The van der Waals surface area contributed by atoms with Crippen LogP contribution >= 0.6 is 0 Å². The van der Waals surface area contributed by atoms with Crippen molar-refractivity contribution in [1.29, 1.82) is 0 Å². The van der Waals surface area contributed by atoms with Gasteiger partial charge in [-0.05, 0) is 6.42 Å². The lowest BCUT2D eigenvalue weighted by Gasteiger charge is -2.38. The molecule has 5 heteroatoms. The number of aliphatic hydroxyl groups is 2. The molecular weight excluding hydrogens is 386 g/mol. The smallest absolute Gasteiger partial charge is 0.165 e. The Bertz CT molecular complexity index is 363. The van der Waals surface area contributed by atoms with Crippen molar-refractivity contribution in [3.8, 4) is 0 Å². The third-order valence-electron chi connectivity index (χ3n) is 6.64. The molecule has 0 radical (unpaired) electrons. The van der Waals surface area contributed by atoms with Crippen LogP contribution in [0, 0.1) is 0 Å². The van der Waals surface area contributed by atoms with Crippen LogP contribution in [-0.4, -0.2) is 65.8 Å². The van der Waals surface area contributed by atoms with Crippen molar-refractivity contribution in [3.63, 3.8) is 0 Å². The number of hydrazine groups is 1. The van der Waals surface area contributed by atoms with Gasteiger partial charge in [0, 0.05) is 32.7 Å². The van der Waals surface area contributed by atoms with Crippen LogP contribution < -0.4 is 5.32 Å². The molecule has 186 valence electrons. The summed E-state index contributed by atoms with van der Waals surface area (Å²) in [5.41, 5.74) is 0. The second kappa shape index (κ2) is 21.6. The van der Waals surface area contributed by atoms with Gasteiger partial charge in [-0.2, -0.15) is 0 Å². The van der Waals surface area contributed by atoms with E-state index in [2.05, 4.69) is 22.3 Å². The SMILES string of the molecule is CCCCCCCCCCCCCCCCCCCCN(CC(O)O)N1CCNCC1. The highest BCUT2D eigenvalue weighted by molar-refractivity contribution is 4.68. The van der Waals surface area contributed by atoms with Crippen LogP contribution in [0.2, 0.25) is 0 Å². The zero-order valence-electron chi connectivity index (χ0n) is 20.8. The van der Waals surface area contributed by atoms with Crippen molar-refractivity contribution in [2.24, 2.45) is 0 Å². The summed E-state index contributed by atoms with van der Waals surface area (Å²) in [6, 6.07) is 0. The minimum Gasteiger partial charge on any atom is -0.367 e. The number of hydrogen-bond donors (Lipinski definition) is 3. The van der Waals surface area contributed by atoms with Crippen LogP contribution in [0.4, 0.5) is 0 Å². The summed E-state index contributed by atoms with van der Waals surface area (Å²) in [7, 11) is 0. The predicted octanol–water partition coefficient (Wildman–Crippen LogP) is 5.46. The summed E-state index contributed by atoms with van der Waals surface area (Å²) in [4.78, 5) is 0. The van der Waals surface area contributed by atoms with E-state index in [1.165, 1.54) is 109 Å². The first-order valence-electron chi connectivity index (χ1n) is 13.8. The molecule has 3 N–H and O–H groups in total. The molecule has 0 aliphatic carbocycles. The first-order chi connectivity index (χ1) is 15.2. The van der Waals surface area contributed by atoms with Gasteiger partial charge in [-0.3, -0.25) is 0 Å². The Morgan fingerprint density at radius 1 is 0.645 bits per heavy atom. The molecule has 0 saturated carbocycles. The van der Waals surface area contributed by atoms with E-state index in [1.807, 2.05) is 0 Å². The zero-order valence-corrected chi connectivity index (χ0v) is 20.8. The normalized spacial score (nSPS) is 15.4. The summed E-state index contributed by atoms with van der Waals surface area (Å²) in [6.45, 7) is 7.46. The van der Waals surface area contributed by atoms with Crippen LogP contribution in [0.3, 0.4) is 0 Å². The van der Waals surface area contributed by atoms with E-state index >= 15 is 0 Å². The number of aliphatic hydroxyl groups excluding tert-OH is 1. The average molecular weight is 442 g/mol. The van der Waals surface area contributed by atoms with E-state index < -0.39 is 6.29 Å². The van der Waals surface area contributed by atoms with Gasteiger partial charge in [-0.1, -0.05) is 116 Å². The van der Waals surface area contributed by atoms with E-state index in [1.54, 1.807) is 0 Å². The van der Waals surface area contributed by atoms with Crippen LogP contribution in [0.5, 0.6) is 0 Å². The second-order valence-electron chi connectivity index (χ2n) is 9.61. The fourth-order valence-electron chi connectivity index (χ4n) is 4.67. The van der Waals surface area contributed by atoms with Crippen LogP contribution in [0.15, 0.2) is 0 Å². The summed E-state index contributed by atoms with van der Waals surface area (Å²) in [5.74, 6) is 0. The van der Waals surface area contributed by atoms with Crippen molar-refractivity contribution in [1.82, 2.24) is 15.3 Å². The Morgan fingerprint density at radius 2 is 1.03 bits per heavy atom. The highest BCUT2D eigenvalue weighted by atomic mass is 16.5. The lowest BCUT2D eigenvalue weighted by atomic mass is 10.0. The Morgan fingerprint density at radius 3 is 1.42 bits per heavy atom. The van der Waals surface area contributed by atoms with Gasteiger partial charge in [0.05, 0.1) is 6.54 Å². The van der Waals surface area contributed by atoms with E-state index in [-0.39, 0.29) is 0 Å². The molecule has 0 amide bonds. The van der Waals surface area contributed by atoms with Crippen molar-refractivity contribution in [2.75, 3.05) is 39.3 Å². The van der Waals surface area contributed by atoms with Crippen molar-refractivity contribution >= 4 is 0 Å². The highest BCUT2D eigenvalue weighted by Gasteiger charge is 2.19. The summed E-state index contributed by atoms with van der Waals surface area (Å²) < 4.78 is 0. The molecule has 0 aromatic carbocycles. The maximum absolute atomic E-state index is 9.38. The molecule has 1 saturated heterocycles. The van der Waals surface area contributed by atoms with Gasteiger partial charge in [0.1, 0.15) is 0 Å². The third-order valence-corrected chi connectivity index (χ3v) is 6.64. The monoisotopic (exact) mass is 441 g/mol. The van der Waals surface area contributed by atoms with E-state index in [4.69, 9.17) is 0 Å². The van der Waals surface area contributed by atoms with Gasteiger partial charge in [0.2, 0.25) is 0 Å². The molecule has 1 aliphatic rings. The Kier molecular flexibility index (Phi) is 20.1. The number of rotatable bonds is 22. The Labute approximate surface area is 193 Å². The topological polar surface area (TPSA) is 59.0 Å². The first-order valence-corrected chi connectivity index (χ1v) is 13.8. The lowest BCUT2D eigenvalue weighted by Crippen LogP contribution is -2.54. The number of unbranched alkanes of at least 4 members (excludes halogenated alkanes) is 17. The summed E-state index contributed by atoms with van der Waals surface area (Å²) in [5, 5.41) is 26.5. The Hall–Kier alpha value is -0.200. The second-order valence-corrected chi connectivity index (χ2v) is 9.61. The van der Waals surface area contributed by atoms with E-state index in [0.29, 0.717) is 6.54 Å². The van der Waals surface area contributed by atoms with Crippen molar-refractivity contribution < 1.29 is 10.2 Å². The van der Waals surface area contributed by atoms with Crippen molar-refractivity contribution in [2.45, 2.75) is 129 Å². The molecule has 0 aromatic rings. The summed E-state index contributed by atoms with van der Waals surface area (Å²) >= 11 is 0. The van der Waals surface area contributed by atoms with Gasteiger partial charge >= 0.3 is 0 Å². The number of hydrogen-bond acceptors (Lipinski definition) is 5. The highest BCUT2D eigenvalue weighted by Crippen LogP contribution is 2.14. The zero-order chi connectivity index (χ0) is 22.4. The standard InChI is InChI=1S/C26H55N3O2/c1-2-3-4-5-6-7-8-9-10-11-12-13-14-15-16-17-18-19-22-29(25-26(30)31)28-23-20-27-21-24-28/h26-27,30-31H,2-25H2,1H3. The molecular formula is C26H55N3O2. The molecule has 5 nitrogen and oxygen atoms in total. The molecule has 31 heavy (non-hydrogen) atoms. The molecule has 0 spiro atoms. The fourth-order valence-corrected chi connectivity index (χ4v) is 4.67. The van der Waals surface area contributed by atoms with Gasteiger partial charge in [0.15, 0.2) is 6.29 Å². The van der Waals surface area contributed by atoms with Crippen LogP contribution in [-0.2, 0) is 0 Å². The third kappa shape index (κ3) is 18.0. The van der Waals surface area contributed by atoms with Gasteiger partial charge < -0.3 is 15.5 Å². The number of nitrogens with zero attached hydrogens (tertiary/aromatic N) is 2. The minimum atomic E-state index is -1.24. The van der Waals surface area contributed by atoms with Crippen LogP contribution in [0.25, 0.3) is 0 Å². The van der Waals surface area contributed by atoms with E-state index in [9.17, 15) is 10.2 Å². The quantitative estimate of drug-likeness (QED) is 0.154. The number of piperazine rings is 1. The average Bonchev–Trinajstić information content (AvgIpc) is 2.78. The minimum absolute atomic E-state index is 0.332. The van der Waals surface area contributed by atoms with Gasteiger partial charge in [-0.15, -0.1) is 0 Å². The number of nitrogens with one attached hydrogen (secondary N) is 1. The van der Waals surface area contributed by atoms with Gasteiger partial charge in [0.25, 0.3) is 0 Å². The predicted molar refractivity (Wildman–Crippen MR) is 133 cm³/mol. The largest absolute Gasteiger partial charge is 0.367 e. The maximum atomic E-state index is 9.38. The van der Waals surface area contributed by atoms with Crippen LogP contribution in [0.1, 0.15) is 122 Å². The first kappa shape index (κ1) is 28.8. The molecule has 0 unspecified atom stereocenters. The lowest BCUT2D eigenvalue weighted by molar-refractivity contribution is -0.122. The Balaban J connectivity index is 1.83. The maximum Gasteiger partial charge on any atom is 0.165 e. The molecule has 1 fully saturated rings. The van der Waals surface area contributed by atoms with Crippen molar-refractivity contribution in [3.05, 3.63) is 0 Å². The van der Waals surface area contributed by atoms with Gasteiger partial charge in [-0.25, -0.2) is 10.0 Å².